The van der Waals surface area contributed by atoms with E-state index in [2.05, 4.69) is 14.9 Å². The van der Waals surface area contributed by atoms with Gasteiger partial charge in [-0.3, -0.25) is 4.79 Å². The lowest BCUT2D eigenvalue weighted by Crippen LogP contribution is -2.44. The summed E-state index contributed by atoms with van der Waals surface area (Å²) in [5, 5.41) is 7.16. The molecule has 5 nitrogen and oxygen atoms in total. The molecule has 0 saturated heterocycles. The number of aromatic nitrogens is 2. The molecule has 1 aliphatic rings. The van der Waals surface area contributed by atoms with Crippen molar-refractivity contribution in [2.45, 2.75) is 32.2 Å². The predicted molar refractivity (Wildman–Crippen MR) is 58.5 cm³/mol. The van der Waals surface area contributed by atoms with Crippen molar-refractivity contribution in [3.63, 3.8) is 0 Å². The maximum atomic E-state index is 12.0. The van der Waals surface area contributed by atoms with E-state index in [1.54, 1.807) is 6.20 Å². The molecule has 1 fully saturated rings. The monoisotopic (exact) mass is 226 g/mol. The van der Waals surface area contributed by atoms with Crippen LogP contribution in [0.3, 0.4) is 0 Å². The first-order valence-electron chi connectivity index (χ1n) is 4.97. The van der Waals surface area contributed by atoms with Crippen LogP contribution in [-0.4, -0.2) is 21.5 Å². The Hall–Kier alpha value is -1.01. The van der Waals surface area contributed by atoms with E-state index in [0.717, 1.165) is 19.3 Å². The molecule has 1 aliphatic carbocycles. The molecule has 2 unspecified atom stereocenters. The fraction of sp³-hybridized carbons (Fsp3) is 0.667. The van der Waals surface area contributed by atoms with Crippen LogP contribution in [0.2, 0.25) is 0 Å². The zero-order valence-electron chi connectivity index (χ0n) is 8.56. The predicted octanol–water partition coefficient (Wildman–Crippen LogP) is 0.994. The van der Waals surface area contributed by atoms with Gasteiger partial charge in [-0.2, -0.15) is 0 Å². The highest BCUT2D eigenvalue weighted by Gasteiger charge is 2.43. The zero-order chi connectivity index (χ0) is 10.9. The lowest BCUT2D eigenvalue weighted by atomic mass is 9.84. The third-order valence-corrected chi connectivity index (χ3v) is 3.73. The number of anilines is 1. The molecule has 2 atom stereocenters. The molecule has 0 bridgehead atoms. The van der Waals surface area contributed by atoms with Gasteiger partial charge < -0.3 is 11.1 Å². The molecule has 1 saturated carbocycles. The van der Waals surface area contributed by atoms with E-state index in [4.69, 9.17) is 5.73 Å². The second-order valence-electron chi connectivity index (χ2n) is 4.15. The van der Waals surface area contributed by atoms with Gasteiger partial charge in [-0.25, -0.2) is 0 Å². The molecule has 0 aromatic carbocycles. The molecule has 1 aromatic rings. The molecule has 1 heterocycles. The van der Waals surface area contributed by atoms with E-state index in [9.17, 15) is 4.79 Å². The Morgan fingerprint density at radius 3 is 3.13 bits per heavy atom. The summed E-state index contributed by atoms with van der Waals surface area (Å²) >= 11 is 1.18. The van der Waals surface area contributed by atoms with E-state index < -0.39 is 5.41 Å². The third-order valence-electron chi connectivity index (χ3n) is 3.15. The van der Waals surface area contributed by atoms with Crippen molar-refractivity contribution in [3.8, 4) is 0 Å². The summed E-state index contributed by atoms with van der Waals surface area (Å²) in [5.41, 5.74) is 5.51. The Kier molecular flexibility index (Phi) is 2.70. The van der Waals surface area contributed by atoms with Gasteiger partial charge in [-0.15, -0.1) is 5.10 Å². The quantitative estimate of drug-likeness (QED) is 0.788. The molecule has 0 radical (unpaired) electrons. The van der Waals surface area contributed by atoms with Crippen molar-refractivity contribution in [3.05, 3.63) is 6.20 Å². The van der Waals surface area contributed by atoms with Gasteiger partial charge >= 0.3 is 0 Å². The average Bonchev–Trinajstić information content (AvgIpc) is 2.79. The fourth-order valence-electron chi connectivity index (χ4n) is 1.95. The van der Waals surface area contributed by atoms with Crippen molar-refractivity contribution in [2.24, 2.45) is 11.1 Å². The summed E-state index contributed by atoms with van der Waals surface area (Å²) in [6, 6.07) is -0.0432. The highest BCUT2D eigenvalue weighted by atomic mass is 32.1. The van der Waals surface area contributed by atoms with Crippen LogP contribution in [0.25, 0.3) is 0 Å². The van der Waals surface area contributed by atoms with Gasteiger partial charge in [-0.1, -0.05) is 10.9 Å². The smallest absolute Gasteiger partial charge is 0.232 e. The number of hydrogen-bond donors (Lipinski definition) is 2. The Labute approximate surface area is 92.2 Å². The standard InChI is InChI=1S/C9H14N4OS/c1-9(4-2-3-6(9)10)8(14)12-7-5-11-13-15-7/h5-6H,2-4,10H2,1H3,(H,12,14). The van der Waals surface area contributed by atoms with Crippen LogP contribution in [0, 0.1) is 5.41 Å². The zero-order valence-corrected chi connectivity index (χ0v) is 9.38. The molecule has 1 aromatic heterocycles. The summed E-state index contributed by atoms with van der Waals surface area (Å²) in [6.45, 7) is 1.93. The van der Waals surface area contributed by atoms with Gasteiger partial charge in [0.05, 0.1) is 11.6 Å². The molecule has 3 N–H and O–H groups in total. The molecule has 2 rings (SSSR count). The van der Waals surface area contributed by atoms with Crippen LogP contribution < -0.4 is 11.1 Å². The number of rotatable bonds is 2. The van der Waals surface area contributed by atoms with Gasteiger partial charge in [0.1, 0.15) is 5.00 Å². The Bertz CT molecular complexity index is 353. The fourth-order valence-corrected chi connectivity index (χ4v) is 2.37. The summed E-state index contributed by atoms with van der Waals surface area (Å²) in [6.07, 6.45) is 4.34. The molecular formula is C9H14N4OS. The summed E-state index contributed by atoms with van der Waals surface area (Å²) in [7, 11) is 0. The molecule has 1 amide bonds. The minimum atomic E-state index is -0.440. The summed E-state index contributed by atoms with van der Waals surface area (Å²) in [4.78, 5) is 12.0. The lowest BCUT2D eigenvalue weighted by molar-refractivity contribution is -0.125. The first kappa shape index (κ1) is 10.5. The molecule has 0 spiro atoms. The minimum absolute atomic E-state index is 0.0152. The molecular weight excluding hydrogens is 212 g/mol. The maximum Gasteiger partial charge on any atom is 0.232 e. The van der Waals surface area contributed by atoms with Gasteiger partial charge in [0.15, 0.2) is 0 Å². The van der Waals surface area contributed by atoms with Gasteiger partial charge in [0, 0.05) is 17.6 Å². The first-order chi connectivity index (χ1) is 7.13. The molecule has 6 heteroatoms. The Morgan fingerprint density at radius 2 is 2.60 bits per heavy atom. The normalized spacial score (nSPS) is 30.4. The SMILES string of the molecule is CC1(C(=O)Nc2cnns2)CCCC1N. The van der Waals surface area contributed by atoms with E-state index >= 15 is 0 Å². The van der Waals surface area contributed by atoms with Gasteiger partial charge in [-0.05, 0) is 19.8 Å². The number of hydrogen-bond acceptors (Lipinski definition) is 5. The Balaban J connectivity index is 2.07. The third kappa shape index (κ3) is 1.87. The molecule has 82 valence electrons. The number of nitrogens with one attached hydrogen (secondary N) is 1. The highest BCUT2D eigenvalue weighted by Crippen LogP contribution is 2.37. The first-order valence-corrected chi connectivity index (χ1v) is 5.74. The van der Waals surface area contributed by atoms with Gasteiger partial charge in [0.25, 0.3) is 0 Å². The van der Waals surface area contributed by atoms with Crippen molar-refractivity contribution in [2.75, 3.05) is 5.32 Å². The van der Waals surface area contributed by atoms with Crippen LogP contribution in [0.5, 0.6) is 0 Å². The van der Waals surface area contributed by atoms with Crippen molar-refractivity contribution >= 4 is 22.4 Å². The van der Waals surface area contributed by atoms with Crippen molar-refractivity contribution in [1.82, 2.24) is 9.59 Å². The minimum Gasteiger partial charge on any atom is -0.327 e. The maximum absolute atomic E-state index is 12.0. The van der Waals surface area contributed by atoms with E-state index in [0.29, 0.717) is 5.00 Å². The highest BCUT2D eigenvalue weighted by molar-refractivity contribution is 7.10. The number of carbonyl (C=O) groups excluding carboxylic acids is 1. The molecule has 0 aliphatic heterocycles. The number of carbonyl (C=O) groups is 1. The van der Waals surface area contributed by atoms with Crippen LogP contribution in [0.1, 0.15) is 26.2 Å². The second-order valence-corrected chi connectivity index (χ2v) is 4.94. The van der Waals surface area contributed by atoms with Gasteiger partial charge in [0.2, 0.25) is 5.91 Å². The van der Waals surface area contributed by atoms with E-state index in [-0.39, 0.29) is 11.9 Å². The topological polar surface area (TPSA) is 80.9 Å². The summed E-state index contributed by atoms with van der Waals surface area (Å²) in [5.74, 6) is -0.0152. The summed E-state index contributed by atoms with van der Waals surface area (Å²) < 4.78 is 3.69. The van der Waals surface area contributed by atoms with E-state index in [1.165, 1.54) is 11.5 Å². The largest absolute Gasteiger partial charge is 0.327 e. The Morgan fingerprint density at radius 1 is 1.80 bits per heavy atom. The van der Waals surface area contributed by atoms with Crippen LogP contribution in [-0.2, 0) is 4.79 Å². The van der Waals surface area contributed by atoms with E-state index in [1.807, 2.05) is 6.92 Å². The van der Waals surface area contributed by atoms with Crippen LogP contribution >= 0.6 is 11.5 Å². The number of nitrogens with two attached hydrogens (primary N) is 1. The lowest BCUT2D eigenvalue weighted by Gasteiger charge is -2.26. The van der Waals surface area contributed by atoms with Crippen molar-refractivity contribution < 1.29 is 4.79 Å². The molecule has 15 heavy (non-hydrogen) atoms. The average molecular weight is 226 g/mol. The van der Waals surface area contributed by atoms with Crippen molar-refractivity contribution in [1.29, 1.82) is 0 Å². The second kappa shape index (κ2) is 3.86. The van der Waals surface area contributed by atoms with Crippen LogP contribution in [0.15, 0.2) is 6.20 Å². The number of amides is 1. The number of nitrogens with zero attached hydrogens (tertiary/aromatic N) is 2. The van der Waals surface area contributed by atoms with Crippen LogP contribution in [0.4, 0.5) is 5.00 Å².